The summed E-state index contributed by atoms with van der Waals surface area (Å²) >= 11 is 0. The standard InChI is InChI=1S/C97H96N2/c1-11-15-19-71-33-49-79(50-34-71)95(80-51-35-72(36-52-80)20-16-12-2)85-63-93-89(96(75-41-23-65(5)24-42-75,76-43-25-66(6)26-44-76)87-59-69(9)31-57-91(87)98(93)81-53-37-73(38-54-81)21-17-13-3)61-83(85)84-62-90-94(64-86(84)95)99(82-55-39-74(40-56-82)22-18-14-4)92-58-32-70(10)60-88(92)97(90,77-45-27-67(7)28-46-77)78-47-29-68(8)30-48-78/h23-64H,11-22H2,1-10H3. The molecule has 0 unspecified atom stereocenters. The maximum atomic E-state index is 2.73. The van der Waals surface area contributed by atoms with Crippen LogP contribution in [0.3, 0.4) is 0 Å². The summed E-state index contributed by atoms with van der Waals surface area (Å²) in [6, 6.07) is 103. The zero-order chi connectivity index (χ0) is 68.2. The molecule has 0 aromatic heterocycles. The van der Waals surface area contributed by atoms with Gasteiger partial charge in [0.05, 0.1) is 39.0 Å². The van der Waals surface area contributed by atoms with Gasteiger partial charge >= 0.3 is 0 Å². The van der Waals surface area contributed by atoms with Gasteiger partial charge < -0.3 is 9.80 Å². The number of hydrogen-bond donors (Lipinski definition) is 0. The molecule has 2 heteroatoms. The van der Waals surface area contributed by atoms with Crippen molar-refractivity contribution >= 4 is 34.1 Å². The molecule has 0 atom stereocenters. The van der Waals surface area contributed by atoms with Gasteiger partial charge in [0.25, 0.3) is 0 Å². The van der Waals surface area contributed by atoms with Crippen LogP contribution in [0.15, 0.2) is 255 Å². The van der Waals surface area contributed by atoms with E-state index in [2.05, 4.69) is 334 Å². The zero-order valence-corrected chi connectivity index (χ0v) is 60.1. The molecule has 2 nitrogen and oxygen atoms in total. The van der Waals surface area contributed by atoms with E-state index in [0.29, 0.717) is 0 Å². The van der Waals surface area contributed by atoms with Crippen molar-refractivity contribution in [2.75, 3.05) is 9.80 Å². The van der Waals surface area contributed by atoms with Crippen molar-refractivity contribution in [2.24, 2.45) is 0 Å². The molecule has 2 aliphatic heterocycles. The largest absolute Gasteiger partial charge is 0.310 e. The van der Waals surface area contributed by atoms with Crippen molar-refractivity contribution in [3.8, 4) is 11.1 Å². The molecule has 494 valence electrons. The van der Waals surface area contributed by atoms with Gasteiger partial charge in [-0.05, 0) is 254 Å². The third-order valence-corrected chi connectivity index (χ3v) is 22.6. The molecule has 0 fully saturated rings. The molecule has 0 spiro atoms. The van der Waals surface area contributed by atoms with Gasteiger partial charge in [0.1, 0.15) is 0 Å². The number of aryl methyl sites for hydroxylation is 10. The van der Waals surface area contributed by atoms with E-state index in [9.17, 15) is 0 Å². The quantitative estimate of drug-likeness (QED) is 0.0750. The summed E-state index contributed by atoms with van der Waals surface area (Å²) < 4.78 is 0. The molecule has 0 amide bonds. The monoisotopic (exact) mass is 1290 g/mol. The van der Waals surface area contributed by atoms with Crippen molar-refractivity contribution in [3.63, 3.8) is 0 Å². The van der Waals surface area contributed by atoms with Crippen molar-refractivity contribution < 1.29 is 0 Å². The lowest BCUT2D eigenvalue weighted by Crippen LogP contribution is -2.38. The van der Waals surface area contributed by atoms with Gasteiger partial charge in [-0.3, -0.25) is 0 Å². The van der Waals surface area contributed by atoms with Crippen LogP contribution in [0.5, 0.6) is 0 Å². The summed E-state index contributed by atoms with van der Waals surface area (Å²) in [5.41, 5.74) is 35.4. The predicted octanol–water partition coefficient (Wildman–Crippen LogP) is 25.6. The Morgan fingerprint density at radius 3 is 0.727 bits per heavy atom. The number of fused-ring (bicyclic) bond motifs is 7. The molecule has 0 saturated carbocycles. The van der Waals surface area contributed by atoms with Crippen molar-refractivity contribution in [1.82, 2.24) is 0 Å². The summed E-state index contributed by atoms with van der Waals surface area (Å²) in [4.78, 5) is 5.31. The molecule has 12 aromatic carbocycles. The van der Waals surface area contributed by atoms with E-state index < -0.39 is 16.2 Å². The minimum Gasteiger partial charge on any atom is -0.310 e. The van der Waals surface area contributed by atoms with Gasteiger partial charge in [0, 0.05) is 11.4 Å². The lowest BCUT2D eigenvalue weighted by Gasteiger charge is -2.47. The number of anilines is 6. The maximum Gasteiger partial charge on any atom is 0.0742 e. The normalized spacial score (nSPS) is 14.2. The Morgan fingerprint density at radius 2 is 0.455 bits per heavy atom. The van der Waals surface area contributed by atoms with Crippen LogP contribution in [0.2, 0.25) is 0 Å². The fraction of sp³-hybridized carbons (Fsp3) is 0.258. The number of nitrogens with zero attached hydrogens (tertiary/aromatic N) is 2. The molecular formula is C97H96N2. The van der Waals surface area contributed by atoms with Gasteiger partial charge in [-0.25, -0.2) is 0 Å². The molecule has 0 saturated heterocycles. The number of rotatable bonds is 20. The second-order valence-corrected chi connectivity index (χ2v) is 29.4. The Morgan fingerprint density at radius 1 is 0.222 bits per heavy atom. The smallest absolute Gasteiger partial charge is 0.0742 e. The predicted molar refractivity (Wildman–Crippen MR) is 420 cm³/mol. The highest BCUT2D eigenvalue weighted by Crippen LogP contribution is 2.67. The second kappa shape index (κ2) is 26.8. The molecule has 12 aromatic rings. The van der Waals surface area contributed by atoms with Gasteiger partial charge in [-0.2, -0.15) is 0 Å². The first-order valence-corrected chi connectivity index (χ1v) is 37.2. The van der Waals surface area contributed by atoms with E-state index in [-0.39, 0.29) is 0 Å². The highest BCUT2D eigenvalue weighted by atomic mass is 15.2. The summed E-state index contributed by atoms with van der Waals surface area (Å²) in [5.74, 6) is 0. The zero-order valence-electron chi connectivity index (χ0n) is 60.1. The first-order valence-electron chi connectivity index (χ1n) is 37.2. The van der Waals surface area contributed by atoms with E-state index in [4.69, 9.17) is 0 Å². The van der Waals surface area contributed by atoms with Crippen molar-refractivity contribution in [2.45, 2.75) is 163 Å². The minimum absolute atomic E-state index is 0.768. The minimum atomic E-state index is -0.819. The van der Waals surface area contributed by atoms with Crippen LogP contribution in [0.1, 0.15) is 201 Å². The number of hydrogen-bond acceptors (Lipinski definition) is 2. The summed E-state index contributed by atoms with van der Waals surface area (Å²) in [7, 11) is 0. The molecule has 15 rings (SSSR count). The highest BCUT2D eigenvalue weighted by molar-refractivity contribution is 5.99. The van der Waals surface area contributed by atoms with Gasteiger partial charge in [-0.1, -0.05) is 281 Å². The van der Waals surface area contributed by atoms with Gasteiger partial charge in [0.2, 0.25) is 0 Å². The van der Waals surface area contributed by atoms with Crippen LogP contribution in [0, 0.1) is 41.5 Å². The molecule has 2 heterocycles. The van der Waals surface area contributed by atoms with Crippen LogP contribution in [-0.2, 0) is 41.9 Å². The lowest BCUT2D eigenvalue weighted by atomic mass is 9.60. The first kappa shape index (κ1) is 65.2. The fourth-order valence-corrected chi connectivity index (χ4v) is 17.3. The Kier molecular flexibility index (Phi) is 17.7. The SMILES string of the molecule is CCCCc1ccc(N2c3ccc(C)cc3C(c3ccc(C)cc3)(c3ccc(C)cc3)c3cc4c(cc32)C(c2ccc(CCCC)cc2)(c2ccc(CCCC)cc2)c2cc3c(cc2-4)C(c2ccc(C)cc2)(c2ccc(C)cc2)c2cc(C)ccc2N3c2ccc(CCCC)cc2)cc1. The average Bonchev–Trinajstić information content (AvgIpc) is 1.54. The van der Waals surface area contributed by atoms with Gasteiger partial charge in [-0.15, -0.1) is 0 Å². The molecule has 0 radical (unpaired) electrons. The molecule has 99 heavy (non-hydrogen) atoms. The van der Waals surface area contributed by atoms with Crippen LogP contribution in [0.4, 0.5) is 34.1 Å². The van der Waals surface area contributed by atoms with E-state index in [1.807, 2.05) is 0 Å². The maximum absolute atomic E-state index is 2.73. The van der Waals surface area contributed by atoms with Crippen molar-refractivity contribution in [1.29, 1.82) is 0 Å². The molecule has 0 N–H and O–H groups in total. The van der Waals surface area contributed by atoms with Crippen molar-refractivity contribution in [3.05, 3.63) is 377 Å². The van der Waals surface area contributed by atoms with Gasteiger partial charge in [0.15, 0.2) is 0 Å². The van der Waals surface area contributed by atoms with E-state index in [0.717, 1.165) is 88.4 Å². The van der Waals surface area contributed by atoms with Crippen LogP contribution in [-0.4, -0.2) is 0 Å². The fourth-order valence-electron chi connectivity index (χ4n) is 17.3. The van der Waals surface area contributed by atoms with E-state index in [1.54, 1.807) is 0 Å². The van der Waals surface area contributed by atoms with Crippen LogP contribution >= 0.6 is 0 Å². The topological polar surface area (TPSA) is 6.48 Å². The Hall–Kier alpha value is -9.76. The number of benzene rings is 12. The first-order chi connectivity index (χ1) is 48.3. The molecule has 3 aliphatic rings. The lowest BCUT2D eigenvalue weighted by molar-refractivity contribution is 0.721. The van der Waals surface area contributed by atoms with E-state index in [1.165, 1.54) is 156 Å². The molecule has 1 aliphatic carbocycles. The molecule has 0 bridgehead atoms. The van der Waals surface area contributed by atoms with Crippen LogP contribution < -0.4 is 9.80 Å². The second-order valence-electron chi connectivity index (χ2n) is 29.4. The third-order valence-electron chi connectivity index (χ3n) is 22.6. The Labute approximate surface area is 591 Å². The Balaban J connectivity index is 1.16. The average molecular weight is 1290 g/mol. The van der Waals surface area contributed by atoms with E-state index >= 15 is 0 Å². The summed E-state index contributed by atoms with van der Waals surface area (Å²) in [6.07, 6.45) is 13.4. The highest BCUT2D eigenvalue weighted by Gasteiger charge is 2.55. The summed E-state index contributed by atoms with van der Waals surface area (Å²) in [5, 5.41) is 0. The molecular weight excluding hydrogens is 1190 g/mol. The Bertz CT molecular complexity index is 4490. The number of unbranched alkanes of at least 4 members (excludes halogenated alkanes) is 4. The van der Waals surface area contributed by atoms with Crippen LogP contribution in [0.25, 0.3) is 11.1 Å². The summed E-state index contributed by atoms with van der Waals surface area (Å²) in [6.45, 7) is 22.7. The third kappa shape index (κ3) is 11.0.